The topological polar surface area (TPSA) is 98.7 Å². The molecule has 21 heavy (non-hydrogen) atoms. The summed E-state index contributed by atoms with van der Waals surface area (Å²) in [5.41, 5.74) is -0.457. The first-order valence-corrected chi connectivity index (χ1v) is 7.33. The van der Waals surface area contributed by atoms with E-state index >= 15 is 0 Å². The van der Waals surface area contributed by atoms with Gasteiger partial charge in [-0.25, -0.2) is 9.59 Å². The number of hydrogen-bond donors (Lipinski definition) is 3. The second-order valence-electron chi connectivity index (χ2n) is 5.96. The van der Waals surface area contributed by atoms with Crippen LogP contribution in [0, 0.1) is 5.41 Å². The largest absolute Gasteiger partial charge is 0.480 e. The van der Waals surface area contributed by atoms with E-state index in [1.165, 1.54) is 4.90 Å². The third-order valence-corrected chi connectivity index (χ3v) is 3.77. The Bertz CT molecular complexity index is 409. The van der Waals surface area contributed by atoms with Crippen molar-refractivity contribution in [2.45, 2.75) is 46.1 Å². The molecule has 0 aromatic rings. The van der Waals surface area contributed by atoms with E-state index in [4.69, 9.17) is 0 Å². The van der Waals surface area contributed by atoms with Gasteiger partial charge in [-0.3, -0.25) is 4.79 Å². The third-order valence-electron chi connectivity index (χ3n) is 3.77. The minimum absolute atomic E-state index is 0.133. The van der Waals surface area contributed by atoms with Crippen LogP contribution >= 0.6 is 0 Å². The summed E-state index contributed by atoms with van der Waals surface area (Å²) in [6.07, 6.45) is 1.74. The highest BCUT2D eigenvalue weighted by Crippen LogP contribution is 2.35. The SMILES string of the molecule is CCNC(=O)CCNC(=O)N1CCCC(C)(C)C1C(=O)O. The number of likely N-dealkylation sites (tertiary alicyclic amines) is 1. The molecule has 1 aliphatic rings. The summed E-state index contributed by atoms with van der Waals surface area (Å²) < 4.78 is 0. The Labute approximate surface area is 125 Å². The van der Waals surface area contributed by atoms with Gasteiger partial charge in [-0.2, -0.15) is 0 Å². The average molecular weight is 299 g/mol. The lowest BCUT2D eigenvalue weighted by Gasteiger charge is -2.43. The Morgan fingerprint density at radius 3 is 2.52 bits per heavy atom. The molecule has 0 aromatic heterocycles. The molecule has 1 unspecified atom stereocenters. The molecule has 0 aliphatic carbocycles. The average Bonchev–Trinajstić information content (AvgIpc) is 2.36. The molecule has 0 radical (unpaired) electrons. The molecule has 1 aliphatic heterocycles. The summed E-state index contributed by atoms with van der Waals surface area (Å²) in [5.74, 6) is -1.12. The number of nitrogens with zero attached hydrogens (tertiary/aromatic N) is 1. The molecule has 120 valence electrons. The molecule has 1 atom stereocenters. The zero-order valence-electron chi connectivity index (χ0n) is 12.9. The molecular formula is C14H25N3O4. The van der Waals surface area contributed by atoms with Crippen molar-refractivity contribution in [3.8, 4) is 0 Å². The van der Waals surface area contributed by atoms with E-state index in [-0.39, 0.29) is 18.9 Å². The number of amides is 3. The molecule has 3 amide bonds. The predicted molar refractivity (Wildman–Crippen MR) is 77.8 cm³/mol. The van der Waals surface area contributed by atoms with Gasteiger partial charge in [0, 0.05) is 26.1 Å². The van der Waals surface area contributed by atoms with E-state index in [2.05, 4.69) is 10.6 Å². The Balaban J connectivity index is 2.59. The zero-order chi connectivity index (χ0) is 16.0. The van der Waals surface area contributed by atoms with Gasteiger partial charge in [-0.15, -0.1) is 0 Å². The van der Waals surface area contributed by atoms with Gasteiger partial charge < -0.3 is 20.6 Å². The van der Waals surface area contributed by atoms with Gasteiger partial charge in [0.2, 0.25) is 5.91 Å². The molecule has 1 rings (SSSR count). The molecule has 0 bridgehead atoms. The van der Waals surface area contributed by atoms with Crippen molar-refractivity contribution in [3.05, 3.63) is 0 Å². The smallest absolute Gasteiger partial charge is 0.327 e. The number of carbonyl (C=O) groups is 3. The van der Waals surface area contributed by atoms with Crippen LogP contribution in [-0.2, 0) is 9.59 Å². The Hall–Kier alpha value is -1.79. The van der Waals surface area contributed by atoms with E-state index in [1.54, 1.807) is 0 Å². The van der Waals surface area contributed by atoms with Crippen LogP contribution in [0.15, 0.2) is 0 Å². The fourth-order valence-corrected chi connectivity index (χ4v) is 2.75. The maximum absolute atomic E-state index is 12.2. The second kappa shape index (κ2) is 7.28. The maximum atomic E-state index is 12.2. The highest BCUT2D eigenvalue weighted by atomic mass is 16.4. The molecule has 0 aromatic carbocycles. The highest BCUT2D eigenvalue weighted by Gasteiger charge is 2.44. The van der Waals surface area contributed by atoms with Crippen LogP contribution in [0.4, 0.5) is 4.79 Å². The van der Waals surface area contributed by atoms with Crippen LogP contribution in [0.25, 0.3) is 0 Å². The lowest BCUT2D eigenvalue weighted by atomic mass is 9.76. The van der Waals surface area contributed by atoms with E-state index < -0.39 is 23.5 Å². The number of aliphatic carboxylic acids is 1. The molecule has 1 fully saturated rings. The number of piperidine rings is 1. The number of carboxylic acids is 1. The summed E-state index contributed by atoms with van der Waals surface area (Å²) in [5, 5.41) is 14.7. The summed E-state index contributed by atoms with van der Waals surface area (Å²) in [6, 6.07) is -1.25. The van der Waals surface area contributed by atoms with Gasteiger partial charge in [-0.05, 0) is 25.2 Å². The Kier molecular flexibility index (Phi) is 5.99. The zero-order valence-corrected chi connectivity index (χ0v) is 12.9. The van der Waals surface area contributed by atoms with Gasteiger partial charge in [-0.1, -0.05) is 13.8 Å². The van der Waals surface area contributed by atoms with E-state index in [0.717, 1.165) is 12.8 Å². The van der Waals surface area contributed by atoms with E-state index in [9.17, 15) is 19.5 Å². The third kappa shape index (κ3) is 4.61. The van der Waals surface area contributed by atoms with Gasteiger partial charge in [0.15, 0.2) is 0 Å². The number of carbonyl (C=O) groups excluding carboxylic acids is 2. The van der Waals surface area contributed by atoms with E-state index in [1.807, 2.05) is 20.8 Å². The molecule has 7 heteroatoms. The fraction of sp³-hybridized carbons (Fsp3) is 0.786. The van der Waals surface area contributed by atoms with Crippen molar-refractivity contribution in [2.24, 2.45) is 5.41 Å². The van der Waals surface area contributed by atoms with Gasteiger partial charge in [0.1, 0.15) is 6.04 Å². The highest BCUT2D eigenvalue weighted by molar-refractivity contribution is 5.84. The summed E-state index contributed by atoms with van der Waals surface area (Å²) in [7, 11) is 0. The molecule has 0 spiro atoms. The van der Waals surface area contributed by atoms with Crippen molar-refractivity contribution < 1.29 is 19.5 Å². The summed E-state index contributed by atoms with van der Waals surface area (Å²) in [6.45, 7) is 6.72. The van der Waals surface area contributed by atoms with Crippen molar-refractivity contribution in [2.75, 3.05) is 19.6 Å². The minimum Gasteiger partial charge on any atom is -0.480 e. The number of urea groups is 1. The number of nitrogens with one attached hydrogen (secondary N) is 2. The first-order valence-electron chi connectivity index (χ1n) is 7.33. The lowest BCUT2D eigenvalue weighted by molar-refractivity contribution is -0.148. The molecule has 1 saturated heterocycles. The Morgan fingerprint density at radius 1 is 1.29 bits per heavy atom. The molecular weight excluding hydrogens is 274 g/mol. The first-order chi connectivity index (χ1) is 9.79. The van der Waals surface area contributed by atoms with Crippen LogP contribution in [0.1, 0.15) is 40.0 Å². The number of rotatable bonds is 5. The van der Waals surface area contributed by atoms with Gasteiger partial charge >= 0.3 is 12.0 Å². The number of hydrogen-bond acceptors (Lipinski definition) is 3. The molecule has 1 heterocycles. The monoisotopic (exact) mass is 299 g/mol. The van der Waals surface area contributed by atoms with Crippen molar-refractivity contribution >= 4 is 17.9 Å². The molecule has 7 nitrogen and oxygen atoms in total. The normalized spacial score (nSPS) is 20.7. The van der Waals surface area contributed by atoms with Crippen molar-refractivity contribution in [1.82, 2.24) is 15.5 Å². The maximum Gasteiger partial charge on any atom is 0.327 e. The number of carboxylic acid groups (broad SMARTS) is 1. The second-order valence-corrected chi connectivity index (χ2v) is 5.96. The standard InChI is InChI=1S/C14H25N3O4/c1-4-15-10(18)6-8-16-13(21)17-9-5-7-14(2,3)11(17)12(19)20/h11H,4-9H2,1-3H3,(H,15,18)(H,16,21)(H,19,20). The summed E-state index contributed by atoms with van der Waals surface area (Å²) in [4.78, 5) is 36.3. The van der Waals surface area contributed by atoms with Crippen LogP contribution in [0.5, 0.6) is 0 Å². The predicted octanol–water partition coefficient (Wildman–Crippen LogP) is 0.797. The van der Waals surface area contributed by atoms with Gasteiger partial charge in [0.25, 0.3) is 0 Å². The lowest BCUT2D eigenvalue weighted by Crippen LogP contribution is -2.58. The van der Waals surface area contributed by atoms with Crippen LogP contribution in [0.2, 0.25) is 0 Å². The Morgan fingerprint density at radius 2 is 1.95 bits per heavy atom. The van der Waals surface area contributed by atoms with Crippen LogP contribution < -0.4 is 10.6 Å². The summed E-state index contributed by atoms with van der Waals surface area (Å²) >= 11 is 0. The van der Waals surface area contributed by atoms with Crippen molar-refractivity contribution in [1.29, 1.82) is 0 Å². The first kappa shape index (κ1) is 17.3. The van der Waals surface area contributed by atoms with E-state index in [0.29, 0.717) is 13.1 Å². The quantitative estimate of drug-likeness (QED) is 0.699. The van der Waals surface area contributed by atoms with Crippen molar-refractivity contribution in [3.63, 3.8) is 0 Å². The fourth-order valence-electron chi connectivity index (χ4n) is 2.75. The van der Waals surface area contributed by atoms with Crippen LogP contribution in [-0.4, -0.2) is 53.6 Å². The molecule has 0 saturated carbocycles. The van der Waals surface area contributed by atoms with Crippen LogP contribution in [0.3, 0.4) is 0 Å². The molecule has 3 N–H and O–H groups in total. The minimum atomic E-state index is -0.987. The van der Waals surface area contributed by atoms with Gasteiger partial charge in [0.05, 0.1) is 0 Å².